The third-order valence-electron chi connectivity index (χ3n) is 7.97. The zero-order chi connectivity index (χ0) is 37.3. The van der Waals surface area contributed by atoms with Gasteiger partial charge >= 0.3 is 5.69 Å². The molecular weight excluding hydrogens is 673 g/mol. The molecule has 2 heterocycles. The van der Waals surface area contributed by atoms with Crippen molar-refractivity contribution in [2.24, 2.45) is 12.5 Å². The van der Waals surface area contributed by atoms with Crippen molar-refractivity contribution >= 4 is 46.7 Å². The Bertz CT molecular complexity index is 2190. The van der Waals surface area contributed by atoms with Crippen molar-refractivity contribution in [1.29, 1.82) is 0 Å². The number of halogens is 2. The average Bonchev–Trinajstić information content (AvgIpc) is 3.04. The fourth-order valence-electron chi connectivity index (χ4n) is 4.63. The van der Waals surface area contributed by atoms with E-state index in [1.807, 2.05) is 4.72 Å². The number of hydrogen-bond acceptors (Lipinski definition) is 8. The Morgan fingerprint density at radius 1 is 0.980 bits per heavy atom. The number of nitrogens with one attached hydrogen (secondary N) is 3. The Morgan fingerprint density at radius 3 is 2.18 bits per heavy atom. The molecule has 2 aromatic heterocycles. The second-order valence-electron chi connectivity index (χ2n) is 12.7. The minimum atomic E-state index is -4.41. The molecule has 50 heavy (non-hydrogen) atoms. The topological polar surface area (TPSA) is 178 Å². The van der Waals surface area contributed by atoms with Gasteiger partial charge in [-0.2, -0.15) is 0 Å². The van der Waals surface area contributed by atoms with Crippen LogP contribution in [0.4, 0.5) is 20.2 Å². The van der Waals surface area contributed by atoms with Crippen LogP contribution in [0.25, 0.3) is 5.82 Å². The molecule has 0 saturated carbocycles. The molecule has 0 saturated heterocycles. The summed E-state index contributed by atoms with van der Waals surface area (Å²) in [6.07, 6.45) is 1.20. The molecule has 13 nitrogen and oxygen atoms in total. The van der Waals surface area contributed by atoms with Gasteiger partial charge in [-0.05, 0) is 55.8 Å². The number of carbonyl (C=O) groups excluding carboxylic acids is 3. The lowest BCUT2D eigenvalue weighted by Crippen LogP contribution is -2.43. The van der Waals surface area contributed by atoms with Gasteiger partial charge in [0.05, 0.1) is 22.2 Å². The fraction of sp³-hybridized carbons (Fsp3) is 0.273. The molecule has 0 spiro atoms. The first-order valence-electron chi connectivity index (χ1n) is 15.2. The smallest absolute Gasteiger partial charge is 0.336 e. The highest BCUT2D eigenvalue weighted by molar-refractivity contribution is 7.92. The average molecular weight is 709 g/mol. The molecule has 0 unspecified atom stereocenters. The quantitative estimate of drug-likeness (QED) is 0.210. The van der Waals surface area contributed by atoms with E-state index in [9.17, 15) is 32.4 Å². The highest BCUT2D eigenvalue weighted by Gasteiger charge is 2.25. The third kappa shape index (κ3) is 8.05. The number of pyridine rings is 1. The van der Waals surface area contributed by atoms with E-state index >= 15 is 8.78 Å². The Labute approximate surface area is 287 Å². The number of hydrogen-bond donors (Lipinski definition) is 3. The van der Waals surface area contributed by atoms with E-state index in [4.69, 9.17) is 0 Å². The van der Waals surface area contributed by atoms with E-state index in [1.165, 1.54) is 62.1 Å². The highest BCUT2D eigenvalue weighted by atomic mass is 32.2. The maximum atomic E-state index is 15.1. The van der Waals surface area contributed by atoms with Gasteiger partial charge in [0.1, 0.15) is 23.1 Å². The van der Waals surface area contributed by atoms with E-state index in [0.717, 1.165) is 4.57 Å². The number of anilines is 2. The summed E-state index contributed by atoms with van der Waals surface area (Å²) in [7, 11) is -1.71. The first kappa shape index (κ1) is 37.4. The second-order valence-corrected chi connectivity index (χ2v) is 14.4. The van der Waals surface area contributed by atoms with Crippen LogP contribution in [0, 0.1) is 30.9 Å². The van der Waals surface area contributed by atoms with E-state index in [1.54, 1.807) is 34.6 Å². The van der Waals surface area contributed by atoms with Gasteiger partial charge in [-0.1, -0.05) is 26.8 Å². The van der Waals surface area contributed by atoms with Gasteiger partial charge in [-0.25, -0.2) is 31.5 Å². The summed E-state index contributed by atoms with van der Waals surface area (Å²) >= 11 is 0. The van der Waals surface area contributed by atoms with Crippen molar-refractivity contribution in [3.05, 3.63) is 110 Å². The number of rotatable bonds is 10. The van der Waals surface area contributed by atoms with Gasteiger partial charge in [-0.15, -0.1) is 0 Å². The van der Waals surface area contributed by atoms with Crippen molar-refractivity contribution in [2.75, 3.05) is 10.0 Å². The van der Waals surface area contributed by atoms with Crippen molar-refractivity contribution in [3.8, 4) is 5.82 Å². The summed E-state index contributed by atoms with van der Waals surface area (Å²) in [5.41, 5.74) is -2.28. The molecule has 4 aromatic rings. The standard InChI is InChI=1S/C33H35BF2N6O7S/c1-17-18(2)41(6)32(47)42(30(17)45)27-12-7-19(16-37-27)13-26(28(34)43)39-29(44)22-14-24(36)25(15-23(22)35)40-50(48,49)21-10-8-20(9-11-21)38-31(46)33(3,4)5/h7-12,14-16,26,40H,13,34H2,1-6H3,(H,38,46)(H,39,44)/t26-/m0/s1. The molecule has 0 bridgehead atoms. The summed E-state index contributed by atoms with van der Waals surface area (Å²) < 4.78 is 60.2. The Balaban J connectivity index is 1.48. The van der Waals surface area contributed by atoms with Crippen LogP contribution in [0.5, 0.6) is 0 Å². The van der Waals surface area contributed by atoms with Crippen LogP contribution < -0.4 is 26.6 Å². The van der Waals surface area contributed by atoms with Gasteiger partial charge in [0.2, 0.25) is 5.91 Å². The van der Waals surface area contributed by atoms with Gasteiger partial charge < -0.3 is 20.0 Å². The summed E-state index contributed by atoms with van der Waals surface area (Å²) in [5, 5.41) is 5.00. The van der Waals surface area contributed by atoms with Crippen LogP contribution in [0.2, 0.25) is 0 Å². The van der Waals surface area contributed by atoms with Crippen molar-refractivity contribution < 1.29 is 31.6 Å². The Hall–Kier alpha value is -5.45. The molecule has 0 aliphatic carbocycles. The number of nitrogens with zero attached hydrogens (tertiary/aromatic N) is 3. The van der Waals surface area contributed by atoms with Crippen molar-refractivity contribution in [3.63, 3.8) is 0 Å². The molecule has 262 valence electrons. The normalized spacial score (nSPS) is 12.2. The summed E-state index contributed by atoms with van der Waals surface area (Å²) in [5.74, 6) is -3.92. The Morgan fingerprint density at radius 2 is 1.62 bits per heavy atom. The predicted molar refractivity (Wildman–Crippen MR) is 185 cm³/mol. The predicted octanol–water partition coefficient (Wildman–Crippen LogP) is 2.11. The molecule has 4 rings (SSSR count). The second kappa shape index (κ2) is 14.2. The first-order valence-corrected chi connectivity index (χ1v) is 16.7. The molecule has 17 heteroatoms. The zero-order valence-corrected chi connectivity index (χ0v) is 29.2. The van der Waals surface area contributed by atoms with E-state index < -0.39 is 67.2 Å². The van der Waals surface area contributed by atoms with Gasteiger partial charge in [-0.3, -0.25) is 19.1 Å². The summed E-state index contributed by atoms with van der Waals surface area (Å²) in [4.78, 5) is 67.0. The van der Waals surface area contributed by atoms with E-state index in [-0.39, 0.29) is 23.0 Å². The van der Waals surface area contributed by atoms with E-state index in [2.05, 4.69) is 15.6 Å². The zero-order valence-electron chi connectivity index (χ0n) is 28.3. The molecule has 0 fully saturated rings. The number of carbonyl (C=O) groups is 3. The number of benzene rings is 2. The molecule has 3 N–H and O–H groups in total. The fourth-order valence-corrected chi connectivity index (χ4v) is 5.69. The maximum Gasteiger partial charge on any atom is 0.336 e. The molecular formula is C33H35BF2N6O7S. The summed E-state index contributed by atoms with van der Waals surface area (Å²) in [6, 6.07) is 7.73. The van der Waals surface area contributed by atoms with Crippen LogP contribution in [0.15, 0.2) is 69.2 Å². The minimum absolute atomic E-state index is 0.0423. The van der Waals surface area contributed by atoms with Crippen molar-refractivity contribution in [1.82, 2.24) is 19.4 Å². The number of amides is 2. The van der Waals surface area contributed by atoms with Crippen LogP contribution in [-0.2, 0) is 33.1 Å². The van der Waals surface area contributed by atoms with Gasteiger partial charge in [0.15, 0.2) is 7.85 Å². The molecule has 0 aliphatic rings. The van der Waals surface area contributed by atoms with E-state index in [0.29, 0.717) is 34.6 Å². The SMILES string of the molecule is BC(=O)[C@H](Cc1ccc(-n2c(=O)c(C)c(C)n(C)c2=O)nc1)NC(=O)c1cc(F)c(NS(=O)(=O)c2ccc(NC(=O)C(C)(C)C)cc2)cc1F. The lowest BCUT2D eigenvalue weighted by atomic mass is 9.90. The van der Waals surface area contributed by atoms with Crippen LogP contribution in [0.1, 0.15) is 48.0 Å². The first-order chi connectivity index (χ1) is 23.2. The monoisotopic (exact) mass is 708 g/mol. The highest BCUT2D eigenvalue weighted by Crippen LogP contribution is 2.25. The van der Waals surface area contributed by atoms with Crippen LogP contribution in [-0.4, -0.2) is 53.9 Å². The molecule has 0 radical (unpaired) electrons. The Kier molecular flexibility index (Phi) is 10.6. The van der Waals surface area contributed by atoms with Crippen LogP contribution >= 0.6 is 0 Å². The molecule has 2 amide bonds. The number of aromatic nitrogens is 3. The maximum absolute atomic E-state index is 15.1. The molecule has 0 aliphatic heterocycles. The molecule has 2 aromatic carbocycles. The van der Waals surface area contributed by atoms with Gasteiger partial charge in [0, 0.05) is 48.1 Å². The number of sulfonamides is 1. The molecule has 1 atom stereocenters. The third-order valence-corrected chi connectivity index (χ3v) is 9.35. The summed E-state index contributed by atoms with van der Waals surface area (Å²) in [6.45, 7) is 8.35. The van der Waals surface area contributed by atoms with Gasteiger partial charge in [0.25, 0.3) is 21.5 Å². The van der Waals surface area contributed by atoms with Crippen LogP contribution in [0.3, 0.4) is 0 Å². The lowest BCUT2D eigenvalue weighted by molar-refractivity contribution is -0.123. The lowest BCUT2D eigenvalue weighted by Gasteiger charge is -2.18. The van der Waals surface area contributed by atoms with Crippen molar-refractivity contribution in [2.45, 2.75) is 52.0 Å². The largest absolute Gasteiger partial charge is 0.343 e. The minimum Gasteiger partial charge on any atom is -0.343 e.